The number of ketones is 3. The third kappa shape index (κ3) is 15.3. The largest absolute Gasteiger partial charge is 0.460 e. The molecule has 15 atom stereocenters. The zero-order chi connectivity index (χ0) is 50.3. The summed E-state index contributed by atoms with van der Waals surface area (Å²) >= 11 is 0. The maximum Gasteiger partial charge on any atom is 0.329 e. The Kier molecular flexibility index (Phi) is 22.9. The first-order chi connectivity index (χ1) is 32.3. The number of nitrogens with zero attached hydrogens (tertiary/aromatic N) is 1. The maximum atomic E-state index is 14.7. The number of aliphatic hydroxyl groups is 3. The Morgan fingerprint density at radius 3 is 2.25 bits per heavy atom. The Bertz CT molecular complexity index is 1810. The second kappa shape index (κ2) is 27.3. The van der Waals surface area contributed by atoms with Gasteiger partial charge in [-0.05, 0) is 107 Å². The topological polar surface area (TPSA) is 205 Å². The van der Waals surface area contributed by atoms with Gasteiger partial charge >= 0.3 is 11.8 Å². The summed E-state index contributed by atoms with van der Waals surface area (Å²) in [7, 11) is 4.57. The highest BCUT2D eigenvalue weighted by Crippen LogP contribution is 2.37. The summed E-state index contributed by atoms with van der Waals surface area (Å²) < 4.78 is 35.7. The summed E-state index contributed by atoms with van der Waals surface area (Å²) in [6.07, 6.45) is 11.5. The predicted molar refractivity (Wildman–Crippen MR) is 256 cm³/mol. The molecule has 15 unspecified atom stereocenters. The number of fused-ring (bicyclic) bond motifs is 3. The Labute approximate surface area is 405 Å². The molecule has 15 heteroatoms. The molecule has 0 aromatic carbocycles. The molecular weight excluding hydrogens is 875 g/mol. The van der Waals surface area contributed by atoms with Gasteiger partial charge in [0, 0.05) is 58.5 Å². The number of cyclic esters (lactones) is 1. The SMILES string of the molecule is COC1CC2CCC(C)C(=O)C(O)(O2)C(=O)N2CCCCC2C(=O)OC(C(C)CC2CCC(OCCO)C(OC)C2)CC(=O)C(C)/C=C(/C)C(O)C(OC)C(=O)C(C)CC(C)/C=C\C=C\C=C1C. The molecule has 1 aliphatic carbocycles. The highest BCUT2D eigenvalue weighted by Gasteiger charge is 2.55. The van der Waals surface area contributed by atoms with E-state index in [0.717, 1.165) is 12.0 Å². The van der Waals surface area contributed by atoms with Crippen LogP contribution in [0.2, 0.25) is 0 Å². The van der Waals surface area contributed by atoms with E-state index in [0.29, 0.717) is 56.9 Å². The molecule has 384 valence electrons. The minimum Gasteiger partial charge on any atom is -0.460 e. The van der Waals surface area contributed by atoms with Gasteiger partial charge in [0.1, 0.15) is 30.1 Å². The first-order valence-corrected chi connectivity index (χ1v) is 25.0. The van der Waals surface area contributed by atoms with Gasteiger partial charge in [-0.15, -0.1) is 0 Å². The highest BCUT2D eigenvalue weighted by molar-refractivity contribution is 6.09. The number of hydrogen-bond donors (Lipinski definition) is 3. The van der Waals surface area contributed by atoms with Crippen molar-refractivity contribution in [3.63, 3.8) is 0 Å². The standard InChI is InChI=1S/C53H83NO14/c1-32-16-12-11-13-17-33(2)44(63-8)30-40-21-19-34(3)50(59)53(62,68-40)52(61)54-23-15-14-18-41(54)51(60)67-45(36(5)28-39-20-22-43(66-25-24-55)46(29-39)64-9)31-42(56)35(4)27-38(7)48(58)49(65-10)47(57)37(6)26-32/h11-13,16-17,27,32,34-37,39-41,43-46,48-49,55,58,62H,14-15,18-26,28-31H2,1-10H3/b13-11+,16-12-,33-17?,38-27-. The van der Waals surface area contributed by atoms with Crippen LogP contribution in [0.3, 0.4) is 0 Å². The van der Waals surface area contributed by atoms with E-state index in [1.165, 1.54) is 12.0 Å². The first-order valence-electron chi connectivity index (χ1n) is 25.0. The molecule has 0 radical (unpaired) electrons. The number of aliphatic hydroxyl groups excluding tert-OH is 2. The monoisotopic (exact) mass is 958 g/mol. The van der Waals surface area contributed by atoms with Gasteiger partial charge < -0.3 is 48.6 Å². The van der Waals surface area contributed by atoms with E-state index in [1.807, 2.05) is 58.1 Å². The van der Waals surface area contributed by atoms with Crippen LogP contribution in [-0.2, 0) is 52.4 Å². The minimum absolute atomic E-state index is 0.0112. The van der Waals surface area contributed by atoms with E-state index in [-0.39, 0.29) is 80.5 Å². The van der Waals surface area contributed by atoms with Gasteiger partial charge in [0.15, 0.2) is 5.78 Å². The van der Waals surface area contributed by atoms with Gasteiger partial charge in [-0.1, -0.05) is 71.1 Å². The van der Waals surface area contributed by atoms with Gasteiger partial charge in [-0.25, -0.2) is 4.79 Å². The van der Waals surface area contributed by atoms with Crippen LogP contribution < -0.4 is 0 Å². The number of amides is 1. The summed E-state index contributed by atoms with van der Waals surface area (Å²) in [4.78, 5) is 72.5. The van der Waals surface area contributed by atoms with Crippen LogP contribution in [0.25, 0.3) is 0 Å². The van der Waals surface area contributed by atoms with Crippen molar-refractivity contribution >= 4 is 29.2 Å². The number of allylic oxidation sites excluding steroid dienone is 6. The summed E-state index contributed by atoms with van der Waals surface area (Å²) in [5.41, 5.74) is 1.24. The molecule has 3 aliphatic heterocycles. The molecule has 4 aliphatic rings. The van der Waals surface area contributed by atoms with Crippen molar-refractivity contribution in [3.05, 3.63) is 47.6 Å². The third-order valence-electron chi connectivity index (χ3n) is 14.8. The lowest BCUT2D eigenvalue weighted by molar-refractivity contribution is -0.231. The molecule has 4 rings (SSSR count). The van der Waals surface area contributed by atoms with Crippen molar-refractivity contribution in [2.75, 3.05) is 41.1 Å². The minimum atomic E-state index is -2.86. The molecule has 0 aromatic rings. The number of ether oxygens (including phenoxy) is 6. The van der Waals surface area contributed by atoms with E-state index in [4.69, 9.17) is 28.4 Å². The fourth-order valence-electron chi connectivity index (χ4n) is 10.5. The lowest BCUT2D eigenvalue weighted by atomic mass is 9.78. The van der Waals surface area contributed by atoms with E-state index >= 15 is 0 Å². The van der Waals surface area contributed by atoms with Crippen LogP contribution in [0.4, 0.5) is 0 Å². The van der Waals surface area contributed by atoms with Gasteiger partial charge in [-0.3, -0.25) is 19.2 Å². The number of piperidine rings is 1. The second-order valence-electron chi connectivity index (χ2n) is 20.1. The lowest BCUT2D eigenvalue weighted by Crippen LogP contribution is -2.62. The van der Waals surface area contributed by atoms with E-state index in [1.54, 1.807) is 41.1 Å². The molecule has 0 spiro atoms. The van der Waals surface area contributed by atoms with Crippen molar-refractivity contribution in [2.24, 2.45) is 35.5 Å². The summed E-state index contributed by atoms with van der Waals surface area (Å²) in [5.74, 6) is -8.02. The number of carbonyl (C=O) groups is 5. The Hall–Kier alpha value is -3.41. The van der Waals surface area contributed by atoms with Crippen LogP contribution in [-0.4, -0.2) is 145 Å². The molecule has 0 aromatic heterocycles. The molecule has 15 nitrogen and oxygen atoms in total. The molecule has 68 heavy (non-hydrogen) atoms. The highest BCUT2D eigenvalue weighted by atomic mass is 16.6. The first kappa shape index (κ1) is 57.2. The number of carbonyl (C=O) groups excluding carboxylic acids is 5. The van der Waals surface area contributed by atoms with Crippen LogP contribution in [0.15, 0.2) is 47.6 Å². The van der Waals surface area contributed by atoms with Crippen LogP contribution in [0.1, 0.15) is 126 Å². The quantitative estimate of drug-likeness (QED) is 0.134. The van der Waals surface area contributed by atoms with Crippen molar-refractivity contribution < 1.29 is 67.7 Å². The average molecular weight is 958 g/mol. The zero-order valence-corrected chi connectivity index (χ0v) is 42.4. The van der Waals surface area contributed by atoms with E-state index < -0.39 is 77.8 Å². The van der Waals surface area contributed by atoms with Crippen molar-refractivity contribution in [1.29, 1.82) is 0 Å². The van der Waals surface area contributed by atoms with Crippen LogP contribution in [0, 0.1) is 35.5 Å². The molecule has 1 saturated carbocycles. The van der Waals surface area contributed by atoms with Crippen LogP contribution >= 0.6 is 0 Å². The fraction of sp³-hybridized carbons (Fsp3) is 0.755. The molecular formula is C53H83NO14. The second-order valence-corrected chi connectivity index (χ2v) is 20.1. The Balaban J connectivity index is 1.73. The Morgan fingerprint density at radius 2 is 1.57 bits per heavy atom. The van der Waals surface area contributed by atoms with E-state index in [9.17, 15) is 39.3 Å². The van der Waals surface area contributed by atoms with Gasteiger partial charge in [-0.2, -0.15) is 0 Å². The molecule has 3 N–H and O–H groups in total. The normalized spacial score (nSPS) is 38.4. The van der Waals surface area contributed by atoms with Gasteiger partial charge in [0.2, 0.25) is 5.78 Å². The number of esters is 1. The molecule has 3 heterocycles. The van der Waals surface area contributed by atoms with Crippen LogP contribution in [0.5, 0.6) is 0 Å². The predicted octanol–water partition coefficient (Wildman–Crippen LogP) is 6.20. The van der Waals surface area contributed by atoms with Crippen molar-refractivity contribution in [2.45, 2.75) is 180 Å². The maximum absolute atomic E-state index is 14.7. The molecule has 2 saturated heterocycles. The number of rotatable bonds is 9. The molecule has 1 amide bonds. The van der Waals surface area contributed by atoms with Gasteiger partial charge in [0.25, 0.3) is 5.91 Å². The summed E-state index contributed by atoms with van der Waals surface area (Å²) in [6.45, 7) is 12.8. The van der Waals surface area contributed by atoms with Gasteiger partial charge in [0.05, 0.1) is 37.6 Å². The molecule has 2 bridgehead atoms. The Morgan fingerprint density at radius 1 is 0.838 bits per heavy atom. The smallest absolute Gasteiger partial charge is 0.329 e. The lowest BCUT2D eigenvalue weighted by Gasteiger charge is -2.40. The van der Waals surface area contributed by atoms with E-state index in [2.05, 4.69) is 0 Å². The van der Waals surface area contributed by atoms with Crippen molar-refractivity contribution in [3.8, 4) is 0 Å². The summed E-state index contributed by atoms with van der Waals surface area (Å²) in [5, 5.41) is 33.0. The number of methoxy groups -OCH3 is 3. The summed E-state index contributed by atoms with van der Waals surface area (Å²) in [6, 6.07) is -1.16. The number of Topliss-reactive ketones (excluding diaryl/α,β-unsaturated/α-hetero) is 3. The van der Waals surface area contributed by atoms with Crippen molar-refractivity contribution in [1.82, 2.24) is 4.90 Å². The average Bonchev–Trinajstić information content (AvgIpc) is 3.43. The third-order valence-corrected chi connectivity index (χ3v) is 14.8. The fourth-order valence-corrected chi connectivity index (χ4v) is 10.5. The zero-order valence-electron chi connectivity index (χ0n) is 42.4. The number of hydrogen-bond acceptors (Lipinski definition) is 14. The molecule has 3 fully saturated rings.